The van der Waals surface area contributed by atoms with Crippen molar-refractivity contribution in [2.75, 3.05) is 0 Å². The number of hydrogen-bond acceptors (Lipinski definition) is 3. The number of aryl methyl sites for hydroxylation is 2. The molecule has 4 heterocycles. The van der Waals surface area contributed by atoms with Crippen LogP contribution in [0.1, 0.15) is 119 Å². The molecule has 8 rings (SSSR count). The zero-order valence-corrected chi connectivity index (χ0v) is 43.3. The minimum Gasteiger partial charge on any atom is 2.00 e. The van der Waals surface area contributed by atoms with E-state index >= 15 is 0 Å². The van der Waals surface area contributed by atoms with Crippen molar-refractivity contribution in [2.45, 2.75) is 121 Å². The van der Waals surface area contributed by atoms with Gasteiger partial charge in [0, 0.05) is 0 Å². The Morgan fingerprint density at radius 1 is 0.533 bits per heavy atom. The number of nitrogens with zero attached hydrogens (tertiary/aromatic N) is 2. The summed E-state index contributed by atoms with van der Waals surface area (Å²) >= 11 is 0.0327. The molecule has 0 bridgehead atoms. The summed E-state index contributed by atoms with van der Waals surface area (Å²) < 4.78 is 29.9. The summed E-state index contributed by atoms with van der Waals surface area (Å²) in [6.07, 6.45) is 2.54. The van der Waals surface area contributed by atoms with Crippen molar-refractivity contribution in [3.05, 3.63) is 119 Å². The normalized spacial score (nSPS) is 13.3. The van der Waals surface area contributed by atoms with Crippen LogP contribution in [0, 0.1) is 36.8 Å². The molecule has 0 aliphatic rings. The Morgan fingerprint density at radius 3 is 1.25 bits per heavy atom. The first-order valence-corrected chi connectivity index (χ1v) is 24.2. The van der Waals surface area contributed by atoms with E-state index in [0.717, 1.165) is 57.3 Å². The SMILES string of the molecule is [2H]c1cc2c([se]c3c(C)c(CC(C)(C)C)ccc32)c(-c2[c-]c(Oc3[c-]c(-c4nc([2H])cc5c4[se]c4c(C)c(CC(C)(C)C)ccc45)cc(C(C)(C)C)c3)cc(C(C)(C)C)c2)n1.[Pt+2]. The summed E-state index contributed by atoms with van der Waals surface area (Å²) in [4.78, 5) is 9.86. The first-order chi connectivity index (χ1) is 28.3. The largest absolute Gasteiger partial charge is 2.00 e. The molecule has 6 heteroatoms. The van der Waals surface area contributed by atoms with E-state index in [4.69, 9.17) is 17.4 Å². The third kappa shape index (κ3) is 8.96. The third-order valence-electron chi connectivity index (χ3n) is 11.3. The van der Waals surface area contributed by atoms with Crippen LogP contribution in [0.25, 0.3) is 61.1 Å². The van der Waals surface area contributed by atoms with Gasteiger partial charge in [0.1, 0.15) is 0 Å². The maximum Gasteiger partial charge on any atom is 2.00 e. The van der Waals surface area contributed by atoms with E-state index in [-0.39, 0.29) is 84.1 Å². The van der Waals surface area contributed by atoms with E-state index in [0.29, 0.717) is 11.5 Å². The molecule has 60 heavy (non-hydrogen) atoms. The predicted octanol–water partition coefficient (Wildman–Crippen LogP) is 14.3. The van der Waals surface area contributed by atoms with Crippen molar-refractivity contribution >= 4 is 67.6 Å². The quantitative estimate of drug-likeness (QED) is 0.123. The molecular formula is C54H58N2OPtSe2. The molecule has 0 aliphatic carbocycles. The smallest absolute Gasteiger partial charge is 2.00 e. The van der Waals surface area contributed by atoms with Gasteiger partial charge >= 0.3 is 390 Å². The summed E-state index contributed by atoms with van der Waals surface area (Å²) in [6, 6.07) is 28.9. The molecule has 0 atom stereocenters. The molecule has 0 aliphatic heterocycles. The van der Waals surface area contributed by atoms with Gasteiger partial charge in [0.25, 0.3) is 0 Å². The van der Waals surface area contributed by atoms with Gasteiger partial charge in [-0.3, -0.25) is 0 Å². The van der Waals surface area contributed by atoms with Crippen molar-refractivity contribution < 1.29 is 28.5 Å². The van der Waals surface area contributed by atoms with E-state index < -0.39 is 0 Å². The van der Waals surface area contributed by atoms with Crippen molar-refractivity contribution in [3.8, 4) is 34.0 Å². The van der Waals surface area contributed by atoms with Crippen LogP contribution in [0.4, 0.5) is 0 Å². The predicted molar refractivity (Wildman–Crippen MR) is 254 cm³/mol. The molecule has 0 unspecified atom stereocenters. The average molecular weight is 1110 g/mol. The summed E-state index contributed by atoms with van der Waals surface area (Å²) in [5.74, 6) is 1.17. The molecule has 0 spiro atoms. The van der Waals surface area contributed by atoms with Gasteiger partial charge in [-0.15, -0.1) is 0 Å². The van der Waals surface area contributed by atoms with E-state index in [1.54, 1.807) is 0 Å². The first-order valence-electron chi connectivity index (χ1n) is 21.8. The number of benzene rings is 4. The molecule has 312 valence electrons. The van der Waals surface area contributed by atoms with Crippen molar-refractivity contribution in [3.63, 3.8) is 0 Å². The Morgan fingerprint density at radius 2 is 0.900 bits per heavy atom. The summed E-state index contributed by atoms with van der Waals surface area (Å²) in [7, 11) is 0. The van der Waals surface area contributed by atoms with Gasteiger partial charge in [0.15, 0.2) is 0 Å². The number of aromatic nitrogens is 2. The Hall–Kier alpha value is -3.29. The number of rotatable bonds is 6. The van der Waals surface area contributed by atoms with Gasteiger partial charge in [0.2, 0.25) is 0 Å². The van der Waals surface area contributed by atoms with Crippen LogP contribution in [0.2, 0.25) is 0 Å². The second-order valence-corrected chi connectivity index (χ2v) is 25.3. The maximum absolute atomic E-state index is 8.90. The molecule has 0 saturated carbocycles. The average Bonchev–Trinajstić information content (AvgIpc) is 3.70. The number of hydrogen-bond donors (Lipinski definition) is 0. The van der Waals surface area contributed by atoms with Crippen LogP contribution in [0.15, 0.2) is 73.0 Å². The van der Waals surface area contributed by atoms with Crippen LogP contribution in [0.5, 0.6) is 11.5 Å². The number of pyridine rings is 2. The van der Waals surface area contributed by atoms with Gasteiger partial charge in [-0.1, -0.05) is 0 Å². The maximum atomic E-state index is 8.90. The molecular weight excluding hydrogens is 1050 g/mol. The third-order valence-corrected chi connectivity index (χ3v) is 17.0. The van der Waals surface area contributed by atoms with E-state index in [2.05, 4.69) is 158 Å². The molecule has 0 saturated heterocycles. The Labute approximate surface area is 387 Å². The molecule has 0 fully saturated rings. The molecule has 0 amide bonds. The monoisotopic (exact) mass is 1110 g/mol. The van der Waals surface area contributed by atoms with Gasteiger partial charge in [-0.05, 0) is 0 Å². The van der Waals surface area contributed by atoms with Gasteiger partial charge in [-0.25, -0.2) is 0 Å². The molecule has 8 aromatic rings. The van der Waals surface area contributed by atoms with Crippen LogP contribution in [0.3, 0.4) is 0 Å². The fourth-order valence-electron chi connectivity index (χ4n) is 8.10. The number of ether oxygens (including phenoxy) is 1. The first kappa shape index (κ1) is 42.0. The zero-order valence-electron chi connectivity index (χ0n) is 39.6. The minimum atomic E-state index is -0.195. The zero-order chi connectivity index (χ0) is 44.1. The Kier molecular flexibility index (Phi) is 11.3. The van der Waals surface area contributed by atoms with E-state index in [9.17, 15) is 0 Å². The topological polar surface area (TPSA) is 35.0 Å². The van der Waals surface area contributed by atoms with Crippen LogP contribution in [-0.4, -0.2) is 39.0 Å². The fraction of sp³-hybridized carbons (Fsp3) is 0.370. The molecule has 0 radical (unpaired) electrons. The van der Waals surface area contributed by atoms with Gasteiger partial charge in [-0.2, -0.15) is 0 Å². The summed E-state index contributed by atoms with van der Waals surface area (Å²) in [6.45, 7) is 31.6. The second-order valence-electron chi connectivity index (χ2n) is 21.0. The Balaban J connectivity index is 0.00000578. The fourth-order valence-corrected chi connectivity index (χ4v) is 13.6. The van der Waals surface area contributed by atoms with Crippen molar-refractivity contribution in [1.29, 1.82) is 0 Å². The standard InChI is InChI=1S/C54H58N2OSe2.Pt/c1-31-33(29-51(3,4)5)15-17-41-43-19-21-55-45(49(43)58-47(31)41)35-23-37(53(9,10)11)27-39(25-35)57-40-26-36(24-38(28-40)54(12,13)14)46-50-44(20-22-56-46)42-18-16-34(30-52(6,7)8)32(2)48(42)59-50;/h15-24,27-28H,29-30H2,1-14H3;/q-2;+2/i21D,22D;. The van der Waals surface area contributed by atoms with E-state index in [1.165, 1.54) is 50.1 Å². The number of fused-ring (bicyclic) bond motifs is 6. The van der Waals surface area contributed by atoms with Crippen LogP contribution >= 0.6 is 0 Å². The van der Waals surface area contributed by atoms with Gasteiger partial charge < -0.3 is 0 Å². The summed E-state index contributed by atoms with van der Waals surface area (Å²) in [5, 5.41) is 4.69. The molecule has 3 nitrogen and oxygen atoms in total. The Bertz CT molecular complexity index is 2840. The van der Waals surface area contributed by atoms with Crippen LogP contribution < -0.4 is 4.74 Å². The van der Waals surface area contributed by atoms with Crippen molar-refractivity contribution in [2.24, 2.45) is 10.8 Å². The van der Waals surface area contributed by atoms with E-state index in [1.807, 2.05) is 12.1 Å². The molecule has 4 aromatic carbocycles. The van der Waals surface area contributed by atoms with Crippen LogP contribution in [-0.2, 0) is 44.7 Å². The minimum absolute atomic E-state index is 0. The second kappa shape index (κ2) is 16.1. The van der Waals surface area contributed by atoms with Crippen molar-refractivity contribution in [1.82, 2.24) is 9.97 Å². The molecule has 4 aromatic heterocycles. The molecule has 0 N–H and O–H groups in total. The van der Waals surface area contributed by atoms with Gasteiger partial charge in [0.05, 0.1) is 0 Å². The summed E-state index contributed by atoms with van der Waals surface area (Å²) in [5.41, 5.74) is 11.0.